The Morgan fingerprint density at radius 3 is 1.11 bits per heavy atom. The molecule has 1 aromatic carbocycles. The molecule has 0 aliphatic carbocycles. The minimum absolute atomic E-state index is 0.0104. The second kappa shape index (κ2) is 38.6. The van der Waals surface area contributed by atoms with Crippen LogP contribution in [0.25, 0.3) is 0 Å². The Hall–Kier alpha value is -1.84. The quantitative estimate of drug-likeness (QED) is 0.0557. The zero-order chi connectivity index (χ0) is 34.3. The molecule has 0 heterocycles. The number of unbranched alkanes of at least 4 members (excludes halogenated alkanes) is 25. The second-order valence-corrected chi connectivity index (χ2v) is 13.7. The summed E-state index contributed by atoms with van der Waals surface area (Å²) in [6, 6.07) is 9.85. The maximum absolute atomic E-state index is 11.6. The van der Waals surface area contributed by atoms with Crippen molar-refractivity contribution in [1.82, 2.24) is 0 Å². The van der Waals surface area contributed by atoms with E-state index >= 15 is 0 Å². The van der Waals surface area contributed by atoms with Crippen LogP contribution in [0.1, 0.15) is 219 Å². The van der Waals surface area contributed by atoms with Crippen molar-refractivity contribution in [3.05, 3.63) is 35.9 Å². The molecule has 0 aliphatic rings. The highest BCUT2D eigenvalue weighted by Gasteiger charge is 2.04. The van der Waals surface area contributed by atoms with E-state index in [9.17, 15) is 9.59 Å². The maximum atomic E-state index is 11.6. The van der Waals surface area contributed by atoms with Crippen molar-refractivity contribution in [1.29, 1.82) is 0 Å². The van der Waals surface area contributed by atoms with Gasteiger partial charge in [0.1, 0.15) is 6.61 Å². The van der Waals surface area contributed by atoms with Gasteiger partial charge >= 0.3 is 11.9 Å². The normalized spacial score (nSPS) is 10.8. The van der Waals surface area contributed by atoms with Gasteiger partial charge in [0.05, 0.1) is 6.61 Å². The van der Waals surface area contributed by atoms with E-state index in [4.69, 9.17) is 9.47 Å². The van der Waals surface area contributed by atoms with E-state index in [1.54, 1.807) is 0 Å². The van der Waals surface area contributed by atoms with Crippen LogP contribution in [0.15, 0.2) is 30.3 Å². The number of hydrogen-bond acceptors (Lipinski definition) is 4. The van der Waals surface area contributed by atoms with Crippen LogP contribution in [-0.4, -0.2) is 18.5 Å². The Morgan fingerprint density at radius 2 is 0.723 bits per heavy atom. The zero-order valence-corrected chi connectivity index (χ0v) is 31.6. The molecule has 0 aromatic heterocycles. The Balaban J connectivity index is 0.000000919. The van der Waals surface area contributed by atoms with Crippen molar-refractivity contribution in [3.63, 3.8) is 0 Å². The van der Waals surface area contributed by atoms with E-state index < -0.39 is 0 Å². The fourth-order valence-electron chi connectivity index (χ4n) is 5.82. The average Bonchev–Trinajstić information content (AvgIpc) is 3.09. The lowest BCUT2D eigenvalue weighted by molar-refractivity contribution is -0.145. The molecule has 47 heavy (non-hydrogen) atoms. The van der Waals surface area contributed by atoms with Gasteiger partial charge in [0.15, 0.2) is 0 Å². The van der Waals surface area contributed by atoms with E-state index in [0.717, 1.165) is 31.2 Å². The predicted molar refractivity (Wildman–Crippen MR) is 203 cm³/mol. The van der Waals surface area contributed by atoms with Gasteiger partial charge in [0.2, 0.25) is 0 Å². The van der Waals surface area contributed by atoms with Gasteiger partial charge in [-0.25, -0.2) is 0 Å². The first-order chi connectivity index (χ1) is 23.1. The third-order valence-corrected chi connectivity index (χ3v) is 8.97. The molecule has 274 valence electrons. The van der Waals surface area contributed by atoms with Gasteiger partial charge in [-0.1, -0.05) is 212 Å². The van der Waals surface area contributed by atoms with Crippen molar-refractivity contribution in [2.45, 2.75) is 220 Å². The van der Waals surface area contributed by atoms with Crippen LogP contribution < -0.4 is 0 Å². The fraction of sp³-hybridized carbons (Fsp3) is 0.814. The Labute approximate surface area is 292 Å². The van der Waals surface area contributed by atoms with E-state index in [-0.39, 0.29) is 11.9 Å². The molecule has 0 atom stereocenters. The van der Waals surface area contributed by atoms with Gasteiger partial charge in [-0.2, -0.15) is 0 Å². The minimum atomic E-state index is -0.0678. The molecule has 0 amide bonds. The summed E-state index contributed by atoms with van der Waals surface area (Å²) in [5, 5.41) is 0. The molecule has 0 saturated heterocycles. The topological polar surface area (TPSA) is 52.6 Å². The molecule has 4 heteroatoms. The molecule has 0 saturated carbocycles. The third kappa shape index (κ3) is 36.8. The van der Waals surface area contributed by atoms with Crippen LogP contribution in [-0.2, 0) is 25.7 Å². The molecule has 0 radical (unpaired) electrons. The van der Waals surface area contributed by atoms with E-state index in [1.807, 2.05) is 30.3 Å². The molecule has 0 spiro atoms. The first-order valence-corrected chi connectivity index (χ1v) is 20.5. The molecule has 4 nitrogen and oxygen atoms in total. The van der Waals surface area contributed by atoms with Crippen LogP contribution in [0.5, 0.6) is 0 Å². The summed E-state index contributed by atoms with van der Waals surface area (Å²) < 4.78 is 10.6. The summed E-state index contributed by atoms with van der Waals surface area (Å²) in [5.41, 5.74) is 1.05. The monoisotopic (exact) mass is 659 g/mol. The van der Waals surface area contributed by atoms with E-state index in [1.165, 1.54) is 154 Å². The summed E-state index contributed by atoms with van der Waals surface area (Å²) in [6.07, 6.45) is 37.6. The third-order valence-electron chi connectivity index (χ3n) is 8.97. The zero-order valence-electron chi connectivity index (χ0n) is 31.6. The van der Waals surface area contributed by atoms with Crippen molar-refractivity contribution in [2.75, 3.05) is 6.61 Å². The van der Waals surface area contributed by atoms with Gasteiger partial charge in [0, 0.05) is 12.8 Å². The van der Waals surface area contributed by atoms with Crippen LogP contribution in [0.3, 0.4) is 0 Å². The van der Waals surface area contributed by atoms with Crippen molar-refractivity contribution < 1.29 is 19.1 Å². The lowest BCUT2D eigenvalue weighted by atomic mass is 10.0. The maximum Gasteiger partial charge on any atom is 0.306 e. The number of benzene rings is 1. The standard InChI is InChI=1S/C24H48O2.C19H30O2/c1-3-5-7-9-10-11-12-13-14-15-16-17-19-21-23-26-24(25)22-20-18-8-6-4-2;1-2-3-4-5-6-7-8-9-13-16-19(20)21-17-18-14-11-10-12-15-18/h3-23H2,1-2H3;10-12,14-15H,2-9,13,16-17H2,1H3. The largest absolute Gasteiger partial charge is 0.466 e. The highest BCUT2D eigenvalue weighted by Crippen LogP contribution is 2.14. The van der Waals surface area contributed by atoms with Crippen molar-refractivity contribution in [2.24, 2.45) is 0 Å². The molecular weight excluding hydrogens is 580 g/mol. The number of carbonyl (C=O) groups excluding carboxylic acids is 2. The number of ether oxygens (including phenoxy) is 2. The van der Waals surface area contributed by atoms with Gasteiger partial charge < -0.3 is 9.47 Å². The first kappa shape index (κ1) is 45.2. The van der Waals surface area contributed by atoms with Crippen LogP contribution >= 0.6 is 0 Å². The highest BCUT2D eigenvalue weighted by molar-refractivity contribution is 5.69. The predicted octanol–water partition coefficient (Wildman–Crippen LogP) is 14.0. The summed E-state index contributed by atoms with van der Waals surface area (Å²) in [6.45, 7) is 7.77. The molecule has 0 unspecified atom stereocenters. The minimum Gasteiger partial charge on any atom is -0.466 e. The fourth-order valence-corrected chi connectivity index (χ4v) is 5.82. The average molecular weight is 659 g/mol. The van der Waals surface area contributed by atoms with E-state index in [0.29, 0.717) is 26.1 Å². The second-order valence-electron chi connectivity index (χ2n) is 13.7. The van der Waals surface area contributed by atoms with Crippen molar-refractivity contribution >= 4 is 11.9 Å². The smallest absolute Gasteiger partial charge is 0.306 e. The molecule has 1 rings (SSSR count). The lowest BCUT2D eigenvalue weighted by Crippen LogP contribution is -2.05. The Bertz CT molecular complexity index is 762. The van der Waals surface area contributed by atoms with Crippen LogP contribution in [0, 0.1) is 0 Å². The molecule has 0 N–H and O–H groups in total. The number of carbonyl (C=O) groups is 2. The van der Waals surface area contributed by atoms with E-state index in [2.05, 4.69) is 20.8 Å². The first-order valence-electron chi connectivity index (χ1n) is 20.5. The highest BCUT2D eigenvalue weighted by atomic mass is 16.5. The van der Waals surface area contributed by atoms with Gasteiger partial charge in [-0.15, -0.1) is 0 Å². The summed E-state index contributed by atoms with van der Waals surface area (Å²) >= 11 is 0. The summed E-state index contributed by atoms with van der Waals surface area (Å²) in [4.78, 5) is 23.2. The summed E-state index contributed by atoms with van der Waals surface area (Å²) in [5.74, 6) is -0.0574. The molecule has 0 fully saturated rings. The number of esters is 2. The lowest BCUT2D eigenvalue weighted by Gasteiger charge is -2.05. The molecule has 0 bridgehead atoms. The Kier molecular flexibility index (Phi) is 37.1. The van der Waals surface area contributed by atoms with Gasteiger partial charge in [-0.3, -0.25) is 9.59 Å². The SMILES string of the molecule is CCCCCCCCCCCC(=O)OCc1ccccc1.CCCCCCCCCCCCCCCCOC(=O)CCCCCCC. The van der Waals surface area contributed by atoms with Crippen LogP contribution in [0.2, 0.25) is 0 Å². The molecule has 0 aliphatic heterocycles. The van der Waals surface area contributed by atoms with Crippen LogP contribution in [0.4, 0.5) is 0 Å². The van der Waals surface area contributed by atoms with Gasteiger partial charge in [-0.05, 0) is 24.8 Å². The molecular formula is C43H78O4. The Morgan fingerprint density at radius 1 is 0.404 bits per heavy atom. The number of rotatable bonds is 33. The molecule has 1 aromatic rings. The van der Waals surface area contributed by atoms with Crippen molar-refractivity contribution in [3.8, 4) is 0 Å². The number of hydrogen-bond donors (Lipinski definition) is 0. The van der Waals surface area contributed by atoms with Gasteiger partial charge in [0.25, 0.3) is 0 Å². The summed E-state index contributed by atoms with van der Waals surface area (Å²) in [7, 11) is 0.